The van der Waals surface area contributed by atoms with Crippen molar-refractivity contribution in [3.8, 4) is 11.1 Å². The Morgan fingerprint density at radius 2 is 1.61 bits per heavy atom. The van der Waals surface area contributed by atoms with Crippen LogP contribution in [0, 0.1) is 11.8 Å². The Kier molecular flexibility index (Phi) is 8.44. The molecule has 4 rings (SSSR count). The second-order valence-corrected chi connectivity index (χ2v) is 11.5. The monoisotopic (exact) mass is 505 g/mol. The predicted molar refractivity (Wildman–Crippen MR) is 146 cm³/mol. The van der Waals surface area contributed by atoms with E-state index in [0.717, 1.165) is 54.2 Å². The van der Waals surface area contributed by atoms with Crippen LogP contribution in [0.4, 0.5) is 5.69 Å². The van der Waals surface area contributed by atoms with Crippen molar-refractivity contribution >= 4 is 21.6 Å². The van der Waals surface area contributed by atoms with Crippen molar-refractivity contribution in [3.05, 3.63) is 90.0 Å². The van der Waals surface area contributed by atoms with Gasteiger partial charge in [0, 0.05) is 11.6 Å². The molecule has 1 saturated carbocycles. The summed E-state index contributed by atoms with van der Waals surface area (Å²) in [4.78, 5) is 13.3. The van der Waals surface area contributed by atoms with Crippen LogP contribution in [0.25, 0.3) is 11.1 Å². The van der Waals surface area contributed by atoms with Crippen LogP contribution in [0.5, 0.6) is 0 Å². The fourth-order valence-corrected chi connectivity index (χ4v) is 5.50. The second-order valence-electron chi connectivity index (χ2n) is 9.78. The molecule has 3 aromatic rings. The average Bonchev–Trinajstić information content (AvgIpc) is 2.88. The van der Waals surface area contributed by atoms with E-state index in [4.69, 9.17) is 5.73 Å². The van der Waals surface area contributed by atoms with E-state index in [9.17, 15) is 13.2 Å². The van der Waals surface area contributed by atoms with Gasteiger partial charge in [-0.3, -0.25) is 9.52 Å². The normalized spacial score (nSPS) is 18.8. The Bertz CT molecular complexity index is 1250. The summed E-state index contributed by atoms with van der Waals surface area (Å²) in [6.07, 6.45) is 5.63. The van der Waals surface area contributed by atoms with Crippen molar-refractivity contribution in [1.82, 2.24) is 5.32 Å². The zero-order chi connectivity index (χ0) is 25.5. The number of carbonyl (C=O) groups is 1. The van der Waals surface area contributed by atoms with Gasteiger partial charge >= 0.3 is 0 Å². The van der Waals surface area contributed by atoms with Crippen LogP contribution in [-0.4, -0.2) is 27.1 Å². The fourth-order valence-electron chi connectivity index (χ4n) is 4.93. The average molecular weight is 506 g/mol. The van der Waals surface area contributed by atoms with Crippen molar-refractivity contribution in [2.45, 2.75) is 38.1 Å². The van der Waals surface area contributed by atoms with Crippen LogP contribution in [0.3, 0.4) is 0 Å². The van der Waals surface area contributed by atoms with Gasteiger partial charge in [0.15, 0.2) is 0 Å². The third kappa shape index (κ3) is 7.18. The van der Waals surface area contributed by atoms with Crippen LogP contribution in [-0.2, 0) is 21.2 Å². The highest BCUT2D eigenvalue weighted by Crippen LogP contribution is 2.30. The van der Waals surface area contributed by atoms with E-state index < -0.39 is 10.0 Å². The smallest absolute Gasteiger partial charge is 0.229 e. The summed E-state index contributed by atoms with van der Waals surface area (Å²) in [5.74, 6) is 0.682. The zero-order valence-electron chi connectivity index (χ0n) is 20.7. The third-order valence-electron chi connectivity index (χ3n) is 6.96. The summed E-state index contributed by atoms with van der Waals surface area (Å²) in [5.41, 5.74) is 10.5. The van der Waals surface area contributed by atoms with Crippen LogP contribution < -0.4 is 15.8 Å². The zero-order valence-corrected chi connectivity index (χ0v) is 21.5. The van der Waals surface area contributed by atoms with Gasteiger partial charge in [0.1, 0.15) is 0 Å². The van der Waals surface area contributed by atoms with Gasteiger partial charge in [-0.05, 0) is 85.0 Å². The van der Waals surface area contributed by atoms with Crippen molar-refractivity contribution in [3.63, 3.8) is 0 Å². The van der Waals surface area contributed by atoms with Crippen LogP contribution in [0.2, 0.25) is 0 Å². The van der Waals surface area contributed by atoms with E-state index in [1.807, 2.05) is 42.5 Å². The van der Waals surface area contributed by atoms with Crippen molar-refractivity contribution in [2.24, 2.45) is 17.6 Å². The highest BCUT2D eigenvalue weighted by Gasteiger charge is 2.27. The van der Waals surface area contributed by atoms with E-state index in [2.05, 4.69) is 34.3 Å². The highest BCUT2D eigenvalue weighted by molar-refractivity contribution is 7.92. The summed E-state index contributed by atoms with van der Waals surface area (Å²) in [5, 5.41) is 3.35. The molecule has 190 valence electrons. The Hall–Kier alpha value is -3.16. The molecule has 0 spiro atoms. The number of benzene rings is 3. The topological polar surface area (TPSA) is 101 Å². The summed E-state index contributed by atoms with van der Waals surface area (Å²) in [6.45, 7) is 0.697. The summed E-state index contributed by atoms with van der Waals surface area (Å²) in [7, 11) is -3.32. The molecule has 0 saturated heterocycles. The first-order valence-corrected chi connectivity index (χ1v) is 14.4. The number of hydrogen-bond donors (Lipinski definition) is 3. The van der Waals surface area contributed by atoms with Crippen molar-refractivity contribution in [1.29, 1.82) is 0 Å². The molecule has 1 amide bonds. The number of amides is 1. The summed E-state index contributed by atoms with van der Waals surface area (Å²) in [6, 6.07) is 25.5. The van der Waals surface area contributed by atoms with Crippen LogP contribution >= 0.6 is 0 Å². The lowest BCUT2D eigenvalue weighted by atomic mass is 9.81. The van der Waals surface area contributed by atoms with Gasteiger partial charge in [-0.1, -0.05) is 60.7 Å². The molecular formula is C29H35N3O3S. The van der Waals surface area contributed by atoms with Gasteiger partial charge in [0.2, 0.25) is 15.9 Å². The molecule has 1 aliphatic carbocycles. The van der Waals surface area contributed by atoms with Gasteiger partial charge in [-0.2, -0.15) is 0 Å². The molecule has 0 aromatic heterocycles. The first kappa shape index (κ1) is 25.9. The Labute approximate surface area is 214 Å². The maximum absolute atomic E-state index is 13.3. The maximum Gasteiger partial charge on any atom is 0.229 e. The minimum absolute atomic E-state index is 0.0316. The summed E-state index contributed by atoms with van der Waals surface area (Å²) < 4.78 is 25.5. The van der Waals surface area contributed by atoms with Gasteiger partial charge in [-0.15, -0.1) is 0 Å². The number of anilines is 1. The highest BCUT2D eigenvalue weighted by atomic mass is 32.2. The van der Waals surface area contributed by atoms with Crippen LogP contribution in [0.15, 0.2) is 78.9 Å². The van der Waals surface area contributed by atoms with E-state index in [1.54, 1.807) is 12.1 Å². The van der Waals surface area contributed by atoms with Gasteiger partial charge in [0.05, 0.1) is 12.3 Å². The largest absolute Gasteiger partial charge is 0.349 e. The van der Waals surface area contributed by atoms with Gasteiger partial charge in [-0.25, -0.2) is 8.42 Å². The number of hydrogen-bond acceptors (Lipinski definition) is 4. The maximum atomic E-state index is 13.3. The van der Waals surface area contributed by atoms with Gasteiger partial charge in [0.25, 0.3) is 0 Å². The first-order chi connectivity index (χ1) is 17.3. The molecule has 1 fully saturated rings. The van der Waals surface area contributed by atoms with Crippen molar-refractivity contribution in [2.75, 3.05) is 17.5 Å². The lowest BCUT2D eigenvalue weighted by Gasteiger charge is -2.29. The number of carbonyl (C=O) groups excluding carboxylic acids is 1. The Morgan fingerprint density at radius 1 is 0.917 bits per heavy atom. The first-order valence-electron chi connectivity index (χ1n) is 12.5. The number of sulfonamides is 1. The van der Waals surface area contributed by atoms with E-state index in [0.29, 0.717) is 24.6 Å². The summed E-state index contributed by atoms with van der Waals surface area (Å²) >= 11 is 0. The Morgan fingerprint density at radius 3 is 2.25 bits per heavy atom. The quantitative estimate of drug-likeness (QED) is 0.385. The number of rotatable bonds is 9. The molecule has 0 heterocycles. The molecule has 1 aliphatic rings. The molecule has 0 bridgehead atoms. The van der Waals surface area contributed by atoms with Gasteiger partial charge < -0.3 is 11.1 Å². The number of nitrogens with two attached hydrogens (primary N) is 1. The molecule has 6 nitrogen and oxygen atoms in total. The second kappa shape index (κ2) is 11.7. The number of nitrogens with one attached hydrogen (secondary N) is 2. The molecule has 3 aromatic carbocycles. The third-order valence-corrected chi connectivity index (χ3v) is 7.57. The van der Waals surface area contributed by atoms with E-state index in [-0.39, 0.29) is 17.9 Å². The van der Waals surface area contributed by atoms with Crippen LogP contribution in [0.1, 0.15) is 42.9 Å². The molecule has 0 aliphatic heterocycles. The minimum atomic E-state index is -3.32. The minimum Gasteiger partial charge on any atom is -0.349 e. The lowest BCUT2D eigenvalue weighted by Crippen LogP contribution is -2.37. The fraction of sp³-hybridized carbons (Fsp3) is 0.345. The SMILES string of the molecule is CS(=O)(=O)Nc1ccc(-c2cccc(C(Cc3ccccc3)NC(=O)C3CCC(CN)CC3)c2)cc1. The Balaban J connectivity index is 1.55. The molecule has 4 N–H and O–H groups in total. The molecule has 1 atom stereocenters. The van der Waals surface area contributed by atoms with E-state index >= 15 is 0 Å². The molecule has 0 radical (unpaired) electrons. The van der Waals surface area contributed by atoms with E-state index in [1.165, 1.54) is 0 Å². The molecule has 1 unspecified atom stereocenters. The lowest BCUT2D eigenvalue weighted by molar-refractivity contribution is -0.127. The molecule has 7 heteroatoms. The molecule has 36 heavy (non-hydrogen) atoms. The molecular weight excluding hydrogens is 470 g/mol. The van der Waals surface area contributed by atoms with Crippen molar-refractivity contribution < 1.29 is 13.2 Å². The standard InChI is InChI=1S/C29H35N3O3S/c1-36(34,35)32-27-16-14-23(15-17-27)25-8-5-9-26(19-25)28(18-21-6-3-2-4-7-21)31-29(33)24-12-10-22(20-30)11-13-24/h2-9,14-17,19,22,24,28,32H,10-13,18,20,30H2,1H3,(H,31,33). The predicted octanol–water partition coefficient (Wildman–Crippen LogP) is 4.89.